The maximum Gasteiger partial charge on any atom is 0.315 e. The highest BCUT2D eigenvalue weighted by atomic mass is 31.0. The molecule has 3 saturated carbocycles. The lowest BCUT2D eigenvalue weighted by Gasteiger charge is -2.36. The van der Waals surface area contributed by atoms with Crippen LogP contribution in [0.25, 0.3) is 0 Å². The number of ketones is 2. The summed E-state index contributed by atoms with van der Waals surface area (Å²) in [5, 5.41) is 22.5. The largest absolute Gasteiger partial charge is 0.481 e. The second kappa shape index (κ2) is 23.1. The minimum Gasteiger partial charge on any atom is -0.481 e. The Morgan fingerprint density at radius 2 is 0.692 bits per heavy atom. The summed E-state index contributed by atoms with van der Waals surface area (Å²) in [6.45, 7) is 6.52. The second-order valence-corrected chi connectivity index (χ2v) is 24.6. The van der Waals surface area contributed by atoms with Crippen LogP contribution < -0.4 is 19.5 Å². The number of ether oxygens (including phenoxy) is 3. The summed E-state index contributed by atoms with van der Waals surface area (Å²) in [4.78, 5) is 38.4. The van der Waals surface area contributed by atoms with E-state index in [1.165, 1.54) is 38.5 Å². The Bertz CT molecular complexity index is 2990. The molecule has 15 rings (SSSR count). The first-order chi connectivity index (χ1) is 38.1. The normalized spacial score (nSPS) is 27.0. The van der Waals surface area contributed by atoms with Crippen LogP contribution in [-0.2, 0) is 14.4 Å². The third kappa shape index (κ3) is 10.7. The monoisotopic (exact) mass is 1080 g/mol. The van der Waals surface area contributed by atoms with E-state index < -0.39 is 11.9 Å². The molecule has 6 bridgehead atoms. The van der Waals surface area contributed by atoms with Crippen LogP contribution >= 0.6 is 18.8 Å². The van der Waals surface area contributed by atoms with Crippen LogP contribution in [0, 0.1) is 47.3 Å². The summed E-state index contributed by atoms with van der Waals surface area (Å²) >= 11 is 0. The van der Waals surface area contributed by atoms with Crippen LogP contribution in [-0.4, -0.2) is 82.5 Å². The zero-order chi connectivity index (χ0) is 53.4. The van der Waals surface area contributed by atoms with Crippen molar-refractivity contribution < 1.29 is 38.8 Å². The predicted octanol–water partition coefficient (Wildman–Crippen LogP) is 12.2. The van der Waals surface area contributed by atoms with Crippen molar-refractivity contribution in [2.45, 2.75) is 75.2 Å². The Labute approximate surface area is 463 Å². The average Bonchev–Trinajstić information content (AvgIpc) is 4.00. The predicted molar refractivity (Wildman–Crippen MR) is 308 cm³/mol. The van der Waals surface area contributed by atoms with Gasteiger partial charge in [0.1, 0.15) is 52.0 Å². The summed E-state index contributed by atoms with van der Waals surface area (Å²) < 4.78 is 22.4. The fourth-order valence-corrected chi connectivity index (χ4v) is 15.9. The van der Waals surface area contributed by atoms with Crippen molar-refractivity contribution in [1.82, 2.24) is 14.7 Å². The number of Topliss-reactive ketones (excluding diaryl/α,β-unsaturated/α-hetero) is 2. The van der Waals surface area contributed by atoms with E-state index in [1.807, 2.05) is 121 Å². The van der Waals surface area contributed by atoms with Crippen LogP contribution in [0.4, 0.5) is 0 Å². The first-order valence-electron chi connectivity index (χ1n) is 28.3. The molecule has 78 heavy (non-hydrogen) atoms. The summed E-state index contributed by atoms with van der Waals surface area (Å²) in [5.74, 6) is 8.30. The standard InChI is InChI=1S/C22H24NO2P.C22H23NO2.C14H10O3.C7H14NOP/c24-19(11-18-14-9-10-15(18)13-23(26)12-14)22-16-5-1-3-7-20(16)25-21-8-4-2-6-17(21)22;24-19(11-18-14-9-10-15(18)13-23-12-14)22-16-5-1-3-7-20(16)25-21-8-4-2-6-17(21)22;15-14(16)13-9-5-1-3-7-11(9)17-12-8-4-2-6-10(12)13;9-7-5-1-2-6(7)4-8(10)3-5/h1-8,14-15,18,22H,9-13,26H2;1-8,14-15,18,22-23H,9-13H2;1-8,13H,(H,15,16);5-7,9H,1-4,10H2. The number of rotatable bonds is 7. The summed E-state index contributed by atoms with van der Waals surface area (Å²) in [6, 6.07) is 46.5. The maximum absolute atomic E-state index is 13.5. The lowest BCUT2D eigenvalue weighted by atomic mass is 9.76. The zero-order valence-corrected chi connectivity index (χ0v) is 46.4. The van der Waals surface area contributed by atoms with E-state index in [0.717, 1.165) is 84.5 Å². The number of aliphatic hydroxyl groups is 1. The third-order valence-corrected chi connectivity index (χ3v) is 19.4. The molecule has 6 aromatic carbocycles. The molecule has 6 heterocycles. The number of fused-ring (bicyclic) bond motifs is 12. The van der Waals surface area contributed by atoms with Crippen LogP contribution in [0.5, 0.6) is 34.5 Å². The molecule has 6 aliphatic heterocycles. The van der Waals surface area contributed by atoms with Crippen molar-refractivity contribution in [2.75, 3.05) is 39.3 Å². The summed E-state index contributed by atoms with van der Waals surface area (Å²) in [6.07, 6.45) is 8.96. The number of aliphatic hydroxyl groups excluding tert-OH is 1. The quantitative estimate of drug-likeness (QED) is 0.132. The van der Waals surface area contributed by atoms with Gasteiger partial charge in [-0.3, -0.25) is 23.7 Å². The maximum atomic E-state index is 13.5. The summed E-state index contributed by atoms with van der Waals surface area (Å²) in [5.41, 5.74) is 5.50. The van der Waals surface area contributed by atoms with Crippen LogP contribution in [0.1, 0.15) is 103 Å². The van der Waals surface area contributed by atoms with Crippen molar-refractivity contribution in [3.63, 3.8) is 0 Å². The molecule has 6 aromatic rings. The number of aliphatic carboxylic acids is 1. The van der Waals surface area contributed by atoms with E-state index in [-0.39, 0.29) is 17.9 Å². The number of carbonyl (C=O) groups excluding carboxylic acids is 2. The minimum atomic E-state index is -0.854. The number of nitrogens with zero attached hydrogens (tertiary/aromatic N) is 2. The first-order valence-corrected chi connectivity index (χ1v) is 29.3. The highest BCUT2D eigenvalue weighted by molar-refractivity contribution is 7.13. The van der Waals surface area contributed by atoms with E-state index in [9.17, 15) is 24.6 Å². The fraction of sp³-hybridized carbons (Fsp3) is 0.400. The fourth-order valence-electron chi connectivity index (χ4n) is 14.9. The number of carbonyl (C=O) groups is 3. The molecule has 8 unspecified atom stereocenters. The van der Waals surface area contributed by atoms with Crippen LogP contribution in [0.2, 0.25) is 0 Å². The molecule has 11 nitrogen and oxygen atoms in total. The van der Waals surface area contributed by atoms with Gasteiger partial charge in [0, 0.05) is 72.4 Å². The second-order valence-electron chi connectivity index (χ2n) is 23.2. The van der Waals surface area contributed by atoms with E-state index in [4.69, 9.17) is 14.2 Å². The van der Waals surface area contributed by atoms with Gasteiger partial charge in [-0.2, -0.15) is 0 Å². The minimum absolute atomic E-state index is 0.0109. The lowest BCUT2D eigenvalue weighted by molar-refractivity contribution is -0.138. The van der Waals surface area contributed by atoms with Crippen molar-refractivity contribution in [3.8, 4) is 34.5 Å². The molecule has 0 radical (unpaired) electrons. The molecule has 8 atom stereocenters. The Balaban J connectivity index is 0.000000109. The Kier molecular flexibility index (Phi) is 15.7. The number of nitrogens with one attached hydrogen (secondary N) is 1. The SMILES string of the molecule is O=C(CC1C2CCC1CN(P)C2)C1c2ccccc2Oc2ccccc21.O=C(CC1C2CCC1CNC2)C1c2ccccc2Oc2ccccc21.O=C(O)C1c2ccccc2Oc2ccccc21.OC1C2CCC1CN(P)C2. The van der Waals surface area contributed by atoms with Gasteiger partial charge in [0.2, 0.25) is 0 Å². The highest BCUT2D eigenvalue weighted by Crippen LogP contribution is 2.51. The Morgan fingerprint density at radius 3 is 1.03 bits per heavy atom. The Hall–Kier alpha value is -5.77. The number of para-hydroxylation sites is 6. The average molecular weight is 1080 g/mol. The first kappa shape index (κ1) is 52.9. The summed E-state index contributed by atoms with van der Waals surface area (Å²) in [7, 11) is 5.59. The van der Waals surface area contributed by atoms with Crippen molar-refractivity contribution in [3.05, 3.63) is 179 Å². The third-order valence-electron chi connectivity index (χ3n) is 18.6. The van der Waals surface area contributed by atoms with Gasteiger partial charge in [0.25, 0.3) is 0 Å². The molecule has 9 aliphatic rings. The van der Waals surface area contributed by atoms with Crippen molar-refractivity contribution in [1.29, 1.82) is 0 Å². The van der Waals surface area contributed by atoms with Crippen molar-refractivity contribution >= 4 is 36.3 Å². The van der Waals surface area contributed by atoms with Gasteiger partial charge in [0.05, 0.1) is 17.9 Å². The number of benzene rings is 6. The molecule has 404 valence electrons. The molecule has 3 N–H and O–H groups in total. The number of carboxylic acids is 1. The molecule has 3 aliphatic carbocycles. The van der Waals surface area contributed by atoms with E-state index in [1.54, 1.807) is 24.3 Å². The van der Waals surface area contributed by atoms with Crippen LogP contribution in [0.15, 0.2) is 146 Å². The van der Waals surface area contributed by atoms with Gasteiger partial charge in [-0.1, -0.05) is 128 Å². The van der Waals surface area contributed by atoms with Gasteiger partial charge < -0.3 is 29.7 Å². The smallest absolute Gasteiger partial charge is 0.315 e. The van der Waals surface area contributed by atoms with E-state index in [0.29, 0.717) is 94.4 Å². The molecule has 0 amide bonds. The molecule has 0 spiro atoms. The van der Waals surface area contributed by atoms with Gasteiger partial charge in [0.15, 0.2) is 0 Å². The van der Waals surface area contributed by atoms with Gasteiger partial charge in [-0.15, -0.1) is 0 Å². The molecule has 3 saturated heterocycles. The number of carboxylic acid groups (broad SMARTS) is 1. The molecule has 13 heteroatoms. The number of hydrogen-bond acceptors (Lipinski definition) is 10. The van der Waals surface area contributed by atoms with E-state index >= 15 is 0 Å². The topological polar surface area (TPSA) is 138 Å². The van der Waals surface area contributed by atoms with Crippen LogP contribution in [0.3, 0.4) is 0 Å². The van der Waals surface area contributed by atoms with Gasteiger partial charge in [-0.05, 0) is 135 Å². The van der Waals surface area contributed by atoms with E-state index in [2.05, 4.69) is 33.4 Å². The van der Waals surface area contributed by atoms with Crippen molar-refractivity contribution in [2.24, 2.45) is 47.3 Å². The van der Waals surface area contributed by atoms with Gasteiger partial charge >= 0.3 is 5.97 Å². The molecular formula is C65H71N3O8P2. The number of hydrogen-bond donors (Lipinski definition) is 3. The molecular weight excluding hydrogens is 1010 g/mol. The molecule has 0 aromatic heterocycles. The molecule has 6 fully saturated rings. The zero-order valence-electron chi connectivity index (χ0n) is 44.1. The Morgan fingerprint density at radius 1 is 0.423 bits per heavy atom. The number of piperidine rings is 3. The van der Waals surface area contributed by atoms with Gasteiger partial charge in [-0.25, -0.2) is 0 Å². The lowest BCUT2D eigenvalue weighted by Crippen LogP contribution is -2.39. The highest BCUT2D eigenvalue weighted by Gasteiger charge is 2.45.